The molecule has 3 aromatic rings. The Hall–Kier alpha value is -3.56. The van der Waals surface area contributed by atoms with Crippen molar-refractivity contribution in [1.82, 2.24) is 15.3 Å². The molecule has 0 saturated carbocycles. The number of hydrogen-bond donors (Lipinski definition) is 4. The van der Waals surface area contributed by atoms with Crippen LogP contribution in [-0.4, -0.2) is 33.0 Å². The van der Waals surface area contributed by atoms with Crippen LogP contribution < -0.4 is 10.6 Å². The summed E-state index contributed by atoms with van der Waals surface area (Å²) in [5.74, 6) is -1.57. The van der Waals surface area contributed by atoms with Gasteiger partial charge in [-0.15, -0.1) is 0 Å². The van der Waals surface area contributed by atoms with Gasteiger partial charge in [0.2, 0.25) is 11.9 Å². The van der Waals surface area contributed by atoms with Crippen LogP contribution in [0.1, 0.15) is 30.5 Å². The van der Waals surface area contributed by atoms with E-state index < -0.39 is 35.7 Å². The van der Waals surface area contributed by atoms with Crippen LogP contribution in [0.5, 0.6) is 0 Å². The fourth-order valence-corrected chi connectivity index (χ4v) is 2.92. The van der Waals surface area contributed by atoms with Crippen LogP contribution in [0.15, 0.2) is 48.5 Å². The van der Waals surface area contributed by atoms with Crippen LogP contribution in [-0.2, 0) is 15.8 Å². The SMILES string of the molecule is CC(NC(=O)CC(Nc1nc2ccccc2[nH]1)c1cccc(C(F)(F)F)c1)C(=O)O. The number of nitrogens with zero attached hydrogens (tertiary/aromatic N) is 1. The van der Waals surface area contributed by atoms with E-state index in [1.54, 1.807) is 24.3 Å². The van der Waals surface area contributed by atoms with Gasteiger partial charge in [0.05, 0.1) is 29.1 Å². The Morgan fingerprint density at radius 3 is 2.57 bits per heavy atom. The molecule has 0 bridgehead atoms. The average molecular weight is 420 g/mol. The van der Waals surface area contributed by atoms with Gasteiger partial charge in [-0.2, -0.15) is 13.2 Å². The highest BCUT2D eigenvalue weighted by Crippen LogP contribution is 2.32. The molecule has 1 aromatic heterocycles. The first-order valence-corrected chi connectivity index (χ1v) is 9.04. The van der Waals surface area contributed by atoms with E-state index in [-0.39, 0.29) is 17.9 Å². The summed E-state index contributed by atoms with van der Waals surface area (Å²) < 4.78 is 39.4. The number of alkyl halides is 3. The highest BCUT2D eigenvalue weighted by Gasteiger charge is 2.31. The standard InChI is InChI=1S/C20H19F3N4O3/c1-11(18(29)30)24-17(28)10-16(12-5-4-6-13(9-12)20(21,22)23)27-19-25-14-7-2-3-8-15(14)26-19/h2-9,11,16H,10H2,1H3,(H,24,28)(H,29,30)(H2,25,26,27). The molecule has 2 aromatic carbocycles. The van der Waals surface area contributed by atoms with Crippen molar-refractivity contribution >= 4 is 28.9 Å². The molecule has 158 valence electrons. The molecule has 0 saturated heterocycles. The Morgan fingerprint density at radius 1 is 1.17 bits per heavy atom. The molecule has 30 heavy (non-hydrogen) atoms. The molecule has 0 aliphatic heterocycles. The van der Waals surface area contributed by atoms with Crippen LogP contribution in [0.2, 0.25) is 0 Å². The van der Waals surface area contributed by atoms with Crippen molar-refractivity contribution in [2.75, 3.05) is 5.32 Å². The van der Waals surface area contributed by atoms with Crippen LogP contribution in [0.3, 0.4) is 0 Å². The van der Waals surface area contributed by atoms with Gasteiger partial charge in [0.1, 0.15) is 6.04 Å². The lowest BCUT2D eigenvalue weighted by Gasteiger charge is -2.20. The third-order valence-corrected chi connectivity index (χ3v) is 4.45. The van der Waals surface area contributed by atoms with Gasteiger partial charge in [-0.3, -0.25) is 9.59 Å². The molecule has 0 spiro atoms. The zero-order valence-corrected chi connectivity index (χ0v) is 15.8. The summed E-state index contributed by atoms with van der Waals surface area (Å²) in [4.78, 5) is 30.6. The second kappa shape index (κ2) is 8.44. The Balaban J connectivity index is 1.89. The van der Waals surface area contributed by atoms with Gasteiger partial charge in [0.25, 0.3) is 0 Å². The van der Waals surface area contributed by atoms with Crippen molar-refractivity contribution in [2.24, 2.45) is 0 Å². The van der Waals surface area contributed by atoms with Gasteiger partial charge < -0.3 is 20.7 Å². The number of carboxylic acid groups (broad SMARTS) is 1. The fraction of sp³-hybridized carbons (Fsp3) is 0.250. The van der Waals surface area contributed by atoms with E-state index in [9.17, 15) is 22.8 Å². The monoisotopic (exact) mass is 420 g/mol. The number of carbonyl (C=O) groups excluding carboxylic acids is 1. The summed E-state index contributed by atoms with van der Waals surface area (Å²) in [5, 5.41) is 14.2. The largest absolute Gasteiger partial charge is 0.480 e. The van der Waals surface area contributed by atoms with E-state index in [0.717, 1.165) is 12.1 Å². The minimum absolute atomic E-state index is 0.211. The number of fused-ring (bicyclic) bond motifs is 1. The lowest BCUT2D eigenvalue weighted by atomic mass is 10.0. The summed E-state index contributed by atoms with van der Waals surface area (Å²) in [6.45, 7) is 1.30. The molecule has 2 atom stereocenters. The number of aromatic amines is 1. The molecule has 3 rings (SSSR count). The first kappa shape index (κ1) is 21.2. The van der Waals surface area contributed by atoms with Crippen LogP contribution >= 0.6 is 0 Å². The Kier molecular flexibility index (Phi) is 5.95. The Bertz CT molecular complexity index is 1030. The number of nitrogens with one attached hydrogen (secondary N) is 3. The number of aliphatic carboxylic acids is 1. The maximum Gasteiger partial charge on any atom is 0.416 e. The summed E-state index contributed by atoms with van der Waals surface area (Å²) in [6, 6.07) is 9.73. The number of amides is 1. The molecular formula is C20H19F3N4O3. The molecule has 2 unspecified atom stereocenters. The Labute approximate surface area is 169 Å². The zero-order valence-electron chi connectivity index (χ0n) is 15.8. The van der Waals surface area contributed by atoms with Crippen molar-refractivity contribution < 1.29 is 27.9 Å². The van der Waals surface area contributed by atoms with Crippen molar-refractivity contribution in [3.05, 3.63) is 59.7 Å². The van der Waals surface area contributed by atoms with Crippen molar-refractivity contribution in [3.63, 3.8) is 0 Å². The molecule has 0 aliphatic rings. The number of aromatic nitrogens is 2. The molecule has 10 heteroatoms. The molecule has 1 heterocycles. The summed E-state index contributed by atoms with van der Waals surface area (Å²) in [7, 11) is 0. The average Bonchev–Trinajstić information content (AvgIpc) is 3.09. The lowest BCUT2D eigenvalue weighted by molar-refractivity contribution is -0.141. The third kappa shape index (κ3) is 5.07. The van der Waals surface area contributed by atoms with Crippen LogP contribution in [0, 0.1) is 0 Å². The second-order valence-corrected chi connectivity index (χ2v) is 6.75. The highest BCUT2D eigenvalue weighted by molar-refractivity contribution is 5.84. The number of carboxylic acids is 1. The predicted molar refractivity (Wildman–Crippen MR) is 104 cm³/mol. The van der Waals surface area contributed by atoms with E-state index in [1.807, 2.05) is 0 Å². The maximum absolute atomic E-state index is 13.1. The maximum atomic E-state index is 13.1. The number of halogens is 3. The normalized spacial score (nSPS) is 13.6. The van der Waals surface area contributed by atoms with Crippen molar-refractivity contribution in [1.29, 1.82) is 0 Å². The first-order valence-electron chi connectivity index (χ1n) is 9.04. The van der Waals surface area contributed by atoms with Crippen molar-refractivity contribution in [3.8, 4) is 0 Å². The van der Waals surface area contributed by atoms with Gasteiger partial charge in [-0.25, -0.2) is 4.98 Å². The number of imidazole rings is 1. The number of carbonyl (C=O) groups is 2. The van der Waals surface area contributed by atoms with E-state index in [0.29, 0.717) is 11.0 Å². The smallest absolute Gasteiger partial charge is 0.416 e. The van der Waals surface area contributed by atoms with Crippen LogP contribution in [0.25, 0.3) is 11.0 Å². The van der Waals surface area contributed by atoms with Gasteiger partial charge in [0.15, 0.2) is 0 Å². The molecule has 4 N–H and O–H groups in total. The molecular weight excluding hydrogens is 401 g/mol. The molecule has 0 radical (unpaired) electrons. The summed E-state index contributed by atoms with van der Waals surface area (Å²) >= 11 is 0. The Morgan fingerprint density at radius 2 is 1.90 bits per heavy atom. The number of benzene rings is 2. The minimum atomic E-state index is -4.54. The second-order valence-electron chi connectivity index (χ2n) is 6.75. The third-order valence-electron chi connectivity index (χ3n) is 4.45. The van der Waals surface area contributed by atoms with Crippen LogP contribution in [0.4, 0.5) is 19.1 Å². The molecule has 0 aliphatic carbocycles. The van der Waals surface area contributed by atoms with Gasteiger partial charge in [-0.05, 0) is 36.8 Å². The number of hydrogen-bond acceptors (Lipinski definition) is 4. The van der Waals surface area contributed by atoms with E-state index in [4.69, 9.17) is 5.11 Å². The molecule has 0 fully saturated rings. The van der Waals surface area contributed by atoms with Gasteiger partial charge in [0, 0.05) is 0 Å². The van der Waals surface area contributed by atoms with Gasteiger partial charge >= 0.3 is 12.1 Å². The lowest BCUT2D eigenvalue weighted by Crippen LogP contribution is -2.39. The quantitative estimate of drug-likeness (QED) is 0.466. The van der Waals surface area contributed by atoms with Gasteiger partial charge in [-0.1, -0.05) is 24.3 Å². The summed E-state index contributed by atoms with van der Waals surface area (Å²) in [5.41, 5.74) is 0.720. The first-order chi connectivity index (χ1) is 14.1. The number of H-pyrrole nitrogens is 1. The minimum Gasteiger partial charge on any atom is -0.480 e. The highest BCUT2D eigenvalue weighted by atomic mass is 19.4. The number of anilines is 1. The predicted octanol–water partition coefficient (Wildman–Crippen LogP) is 3.71. The molecule has 7 nitrogen and oxygen atoms in total. The van der Waals surface area contributed by atoms with E-state index in [1.165, 1.54) is 19.1 Å². The summed E-state index contributed by atoms with van der Waals surface area (Å²) in [6.07, 6.45) is -4.84. The van der Waals surface area contributed by atoms with Crippen molar-refractivity contribution in [2.45, 2.75) is 31.6 Å². The van der Waals surface area contributed by atoms with E-state index >= 15 is 0 Å². The zero-order chi connectivity index (χ0) is 21.9. The topological polar surface area (TPSA) is 107 Å². The number of para-hydroxylation sites is 2. The fourth-order valence-electron chi connectivity index (χ4n) is 2.92. The molecule has 1 amide bonds. The van der Waals surface area contributed by atoms with E-state index in [2.05, 4.69) is 20.6 Å². The number of rotatable bonds is 7.